The van der Waals surface area contributed by atoms with Crippen LogP contribution in [0.1, 0.15) is 31.4 Å². The summed E-state index contributed by atoms with van der Waals surface area (Å²) < 4.78 is 5.36. The molecule has 1 aromatic rings. The lowest BCUT2D eigenvalue weighted by Crippen LogP contribution is -2.53. The SMILES string of the molecule is C=CCN1C(=O)N2CCC(OC(C)=O)C[C@H]2c2ccccc21. The van der Waals surface area contributed by atoms with Crippen molar-refractivity contribution in [1.29, 1.82) is 0 Å². The topological polar surface area (TPSA) is 49.9 Å². The molecule has 5 nitrogen and oxygen atoms in total. The third kappa shape index (κ3) is 2.47. The Hall–Kier alpha value is -2.30. The van der Waals surface area contributed by atoms with Crippen LogP contribution in [-0.4, -0.2) is 36.1 Å². The van der Waals surface area contributed by atoms with Crippen molar-refractivity contribution < 1.29 is 14.3 Å². The third-order valence-corrected chi connectivity index (χ3v) is 4.26. The highest BCUT2D eigenvalue weighted by Crippen LogP contribution is 2.42. The van der Waals surface area contributed by atoms with Crippen LogP contribution < -0.4 is 4.90 Å². The van der Waals surface area contributed by atoms with Crippen molar-refractivity contribution in [3.8, 4) is 0 Å². The molecular weight excluding hydrogens is 280 g/mol. The summed E-state index contributed by atoms with van der Waals surface area (Å²) >= 11 is 0. The minimum absolute atomic E-state index is 0.00451. The number of urea groups is 1. The number of carbonyl (C=O) groups excluding carboxylic acids is 2. The summed E-state index contributed by atoms with van der Waals surface area (Å²) in [5.74, 6) is -0.262. The van der Waals surface area contributed by atoms with Crippen LogP contribution in [0, 0.1) is 0 Å². The first-order valence-electron chi connectivity index (χ1n) is 7.57. The summed E-state index contributed by atoms with van der Waals surface area (Å²) in [6.45, 7) is 6.26. The molecule has 1 fully saturated rings. The van der Waals surface area contributed by atoms with E-state index in [4.69, 9.17) is 4.74 Å². The average molecular weight is 300 g/mol. The van der Waals surface area contributed by atoms with Crippen LogP contribution in [0.25, 0.3) is 0 Å². The van der Waals surface area contributed by atoms with Gasteiger partial charge in [0.25, 0.3) is 0 Å². The van der Waals surface area contributed by atoms with Crippen LogP contribution in [-0.2, 0) is 9.53 Å². The van der Waals surface area contributed by atoms with E-state index in [0.29, 0.717) is 25.9 Å². The van der Waals surface area contributed by atoms with Crippen molar-refractivity contribution >= 4 is 17.7 Å². The van der Waals surface area contributed by atoms with E-state index in [-0.39, 0.29) is 24.1 Å². The monoisotopic (exact) mass is 300 g/mol. The van der Waals surface area contributed by atoms with Crippen LogP contribution in [0.4, 0.5) is 10.5 Å². The van der Waals surface area contributed by atoms with Crippen LogP contribution in [0.3, 0.4) is 0 Å². The molecule has 0 radical (unpaired) electrons. The number of esters is 1. The highest BCUT2D eigenvalue weighted by atomic mass is 16.5. The first-order chi connectivity index (χ1) is 10.6. The molecule has 0 spiro atoms. The van der Waals surface area contributed by atoms with E-state index in [1.807, 2.05) is 29.2 Å². The van der Waals surface area contributed by atoms with Crippen LogP contribution >= 0.6 is 0 Å². The molecule has 1 saturated heterocycles. The Morgan fingerprint density at radius 3 is 2.95 bits per heavy atom. The second-order valence-electron chi connectivity index (χ2n) is 5.71. The van der Waals surface area contributed by atoms with E-state index < -0.39 is 0 Å². The van der Waals surface area contributed by atoms with Gasteiger partial charge in [-0.3, -0.25) is 9.69 Å². The summed E-state index contributed by atoms with van der Waals surface area (Å²) in [7, 11) is 0. The summed E-state index contributed by atoms with van der Waals surface area (Å²) in [6, 6.07) is 7.90. The number of nitrogens with zero attached hydrogens (tertiary/aromatic N) is 2. The zero-order valence-corrected chi connectivity index (χ0v) is 12.7. The number of hydrogen-bond acceptors (Lipinski definition) is 3. The molecule has 2 atom stereocenters. The number of fused-ring (bicyclic) bond motifs is 3. The number of hydrogen-bond donors (Lipinski definition) is 0. The minimum atomic E-state index is -0.262. The normalized spacial score (nSPS) is 23.6. The fourth-order valence-electron chi connectivity index (χ4n) is 3.38. The zero-order valence-electron chi connectivity index (χ0n) is 12.7. The molecule has 2 aliphatic heterocycles. The van der Waals surface area contributed by atoms with Gasteiger partial charge in [-0.25, -0.2) is 4.79 Å². The standard InChI is InChI=1S/C17H20N2O3/c1-3-9-18-15-7-5-4-6-14(15)16-11-13(22-12(2)20)8-10-19(16)17(18)21/h3-7,13,16H,1,8-11H2,2H3/t13?,16-/m0/s1. The summed E-state index contributed by atoms with van der Waals surface area (Å²) in [6.07, 6.45) is 2.96. The number of rotatable bonds is 3. The average Bonchev–Trinajstić information content (AvgIpc) is 2.51. The maximum absolute atomic E-state index is 12.7. The van der Waals surface area contributed by atoms with E-state index in [0.717, 1.165) is 11.3 Å². The van der Waals surface area contributed by atoms with E-state index >= 15 is 0 Å². The number of piperidine rings is 1. The van der Waals surface area contributed by atoms with Crippen molar-refractivity contribution in [3.63, 3.8) is 0 Å². The van der Waals surface area contributed by atoms with Gasteiger partial charge in [-0.05, 0) is 11.6 Å². The largest absolute Gasteiger partial charge is 0.462 e. The Morgan fingerprint density at radius 1 is 1.45 bits per heavy atom. The molecule has 2 amide bonds. The Labute approximate surface area is 130 Å². The van der Waals surface area contributed by atoms with Gasteiger partial charge in [-0.1, -0.05) is 24.3 Å². The molecule has 0 aliphatic carbocycles. The van der Waals surface area contributed by atoms with Crippen LogP contribution in [0.5, 0.6) is 0 Å². The van der Waals surface area contributed by atoms with Crippen molar-refractivity contribution in [1.82, 2.24) is 4.90 Å². The number of anilines is 1. The Balaban J connectivity index is 1.94. The van der Waals surface area contributed by atoms with E-state index in [2.05, 4.69) is 6.58 Å². The van der Waals surface area contributed by atoms with Crippen LogP contribution in [0.15, 0.2) is 36.9 Å². The molecule has 0 N–H and O–H groups in total. The van der Waals surface area contributed by atoms with Gasteiger partial charge in [0, 0.05) is 32.9 Å². The van der Waals surface area contributed by atoms with E-state index in [1.54, 1.807) is 11.0 Å². The van der Waals surface area contributed by atoms with Crippen molar-refractivity contribution in [2.75, 3.05) is 18.0 Å². The van der Waals surface area contributed by atoms with Gasteiger partial charge in [-0.15, -0.1) is 6.58 Å². The number of carbonyl (C=O) groups is 2. The molecule has 0 bridgehead atoms. The fraction of sp³-hybridized carbons (Fsp3) is 0.412. The summed E-state index contributed by atoms with van der Waals surface area (Å²) in [5, 5.41) is 0. The number of para-hydroxylation sites is 1. The lowest BCUT2D eigenvalue weighted by Gasteiger charge is -2.46. The Kier molecular flexibility index (Phi) is 3.88. The summed E-state index contributed by atoms with van der Waals surface area (Å²) in [5.41, 5.74) is 2.04. The highest BCUT2D eigenvalue weighted by Gasteiger charge is 2.41. The predicted molar refractivity (Wildman–Crippen MR) is 83.6 cm³/mol. The molecular formula is C17H20N2O3. The predicted octanol–water partition coefficient (Wildman–Crippen LogP) is 2.88. The molecule has 5 heteroatoms. The van der Waals surface area contributed by atoms with Gasteiger partial charge < -0.3 is 9.64 Å². The Morgan fingerprint density at radius 2 is 2.23 bits per heavy atom. The molecule has 2 aliphatic rings. The Bertz CT molecular complexity index is 614. The number of benzene rings is 1. The van der Waals surface area contributed by atoms with Gasteiger partial charge in [0.2, 0.25) is 0 Å². The molecule has 1 aromatic carbocycles. The third-order valence-electron chi connectivity index (χ3n) is 4.26. The van der Waals surface area contributed by atoms with E-state index in [9.17, 15) is 9.59 Å². The van der Waals surface area contributed by atoms with Crippen molar-refractivity contribution in [2.45, 2.75) is 31.9 Å². The van der Waals surface area contributed by atoms with Crippen molar-refractivity contribution in [3.05, 3.63) is 42.5 Å². The molecule has 116 valence electrons. The number of amides is 2. The maximum atomic E-state index is 12.7. The molecule has 0 saturated carbocycles. The minimum Gasteiger partial charge on any atom is -0.462 e. The van der Waals surface area contributed by atoms with E-state index in [1.165, 1.54) is 6.92 Å². The smallest absolute Gasteiger partial charge is 0.325 e. The van der Waals surface area contributed by atoms with Crippen molar-refractivity contribution in [2.24, 2.45) is 0 Å². The highest BCUT2D eigenvalue weighted by molar-refractivity contribution is 5.96. The summed E-state index contributed by atoms with van der Waals surface area (Å²) in [4.78, 5) is 27.6. The molecule has 2 heterocycles. The second kappa shape index (κ2) is 5.83. The zero-order chi connectivity index (χ0) is 15.7. The van der Waals surface area contributed by atoms with Crippen LogP contribution in [0.2, 0.25) is 0 Å². The second-order valence-corrected chi connectivity index (χ2v) is 5.71. The van der Waals surface area contributed by atoms with Gasteiger partial charge in [0.05, 0.1) is 11.7 Å². The molecule has 0 aromatic heterocycles. The lowest BCUT2D eigenvalue weighted by atomic mass is 9.90. The molecule has 1 unspecified atom stereocenters. The van der Waals surface area contributed by atoms with Gasteiger partial charge in [0.15, 0.2) is 0 Å². The molecule has 3 rings (SSSR count). The fourth-order valence-corrected chi connectivity index (χ4v) is 3.38. The van der Waals surface area contributed by atoms with Gasteiger partial charge >= 0.3 is 12.0 Å². The van der Waals surface area contributed by atoms with Gasteiger partial charge in [-0.2, -0.15) is 0 Å². The lowest BCUT2D eigenvalue weighted by molar-refractivity contribution is -0.149. The maximum Gasteiger partial charge on any atom is 0.325 e. The number of ether oxygens (including phenoxy) is 1. The quantitative estimate of drug-likeness (QED) is 0.637. The molecule has 22 heavy (non-hydrogen) atoms. The van der Waals surface area contributed by atoms with Gasteiger partial charge in [0.1, 0.15) is 6.10 Å². The first-order valence-corrected chi connectivity index (χ1v) is 7.57. The first kappa shape index (κ1) is 14.6.